The number of aryl methyl sites for hydroxylation is 2. The minimum atomic E-state index is -0.382. The van der Waals surface area contributed by atoms with Gasteiger partial charge in [0.1, 0.15) is 6.54 Å². The van der Waals surface area contributed by atoms with Gasteiger partial charge < -0.3 is 19.4 Å². The number of pyridine rings is 1. The number of hydrogen-bond acceptors (Lipinski definition) is 5. The number of rotatable bonds is 7. The van der Waals surface area contributed by atoms with E-state index < -0.39 is 0 Å². The van der Waals surface area contributed by atoms with E-state index in [0.717, 1.165) is 11.1 Å². The molecule has 0 spiro atoms. The Bertz CT molecular complexity index is 1490. The van der Waals surface area contributed by atoms with E-state index in [1.165, 1.54) is 20.4 Å². The van der Waals surface area contributed by atoms with E-state index in [2.05, 4.69) is 5.32 Å². The van der Waals surface area contributed by atoms with Crippen molar-refractivity contribution in [2.45, 2.75) is 20.4 Å². The SMILES string of the molecule is COc1ccc(NC(=O)Cn2cc(C(=O)c3ccc(C)cc3)c(=O)c3cc(C)ccc32)cc1OC. The molecule has 7 nitrogen and oxygen atoms in total. The molecular formula is C28H26N2O5. The maximum atomic E-state index is 13.3. The fourth-order valence-electron chi connectivity index (χ4n) is 3.93. The van der Waals surface area contributed by atoms with Crippen molar-refractivity contribution < 1.29 is 19.1 Å². The number of hydrogen-bond donors (Lipinski definition) is 1. The molecule has 35 heavy (non-hydrogen) atoms. The van der Waals surface area contributed by atoms with Crippen molar-refractivity contribution in [1.82, 2.24) is 4.57 Å². The first-order valence-electron chi connectivity index (χ1n) is 11.1. The number of carbonyl (C=O) groups is 2. The molecule has 1 amide bonds. The van der Waals surface area contributed by atoms with E-state index >= 15 is 0 Å². The number of ether oxygens (including phenoxy) is 2. The van der Waals surface area contributed by atoms with Crippen LogP contribution < -0.4 is 20.2 Å². The van der Waals surface area contributed by atoms with E-state index in [1.807, 2.05) is 32.0 Å². The minimum absolute atomic E-state index is 0.0193. The van der Waals surface area contributed by atoms with Gasteiger partial charge in [0, 0.05) is 28.9 Å². The first-order valence-corrected chi connectivity index (χ1v) is 11.1. The van der Waals surface area contributed by atoms with Crippen LogP contribution in [0, 0.1) is 13.8 Å². The number of ketones is 1. The molecule has 0 bridgehead atoms. The van der Waals surface area contributed by atoms with E-state index in [1.54, 1.807) is 47.0 Å². The standard InChI is InChI=1S/C28H26N2O5/c1-17-5-8-19(9-6-17)27(32)22-15-30(23-11-7-18(2)13-21(23)28(22)33)16-26(31)29-20-10-12-24(34-3)25(14-20)35-4/h5-15H,16H2,1-4H3,(H,29,31). The Kier molecular flexibility index (Phi) is 6.68. The molecule has 0 atom stereocenters. The summed E-state index contributed by atoms with van der Waals surface area (Å²) in [6, 6.07) is 17.5. The van der Waals surface area contributed by atoms with Gasteiger partial charge in [-0.15, -0.1) is 0 Å². The number of nitrogens with one attached hydrogen (secondary N) is 1. The highest BCUT2D eigenvalue weighted by Crippen LogP contribution is 2.29. The number of benzene rings is 3. The first kappa shape index (κ1) is 23.8. The highest BCUT2D eigenvalue weighted by atomic mass is 16.5. The third-order valence-corrected chi connectivity index (χ3v) is 5.78. The van der Waals surface area contributed by atoms with Crippen LogP contribution in [0.2, 0.25) is 0 Å². The number of anilines is 1. The van der Waals surface area contributed by atoms with Crippen LogP contribution in [0.1, 0.15) is 27.0 Å². The Morgan fingerprint density at radius 2 is 1.54 bits per heavy atom. The van der Waals surface area contributed by atoms with E-state index in [9.17, 15) is 14.4 Å². The number of carbonyl (C=O) groups excluding carboxylic acids is 2. The zero-order valence-corrected chi connectivity index (χ0v) is 20.0. The van der Waals surface area contributed by atoms with E-state index in [4.69, 9.17) is 9.47 Å². The van der Waals surface area contributed by atoms with Gasteiger partial charge >= 0.3 is 0 Å². The lowest BCUT2D eigenvalue weighted by Crippen LogP contribution is -2.24. The van der Waals surface area contributed by atoms with Gasteiger partial charge in [-0.2, -0.15) is 0 Å². The van der Waals surface area contributed by atoms with E-state index in [-0.39, 0.29) is 29.2 Å². The predicted molar refractivity (Wildman–Crippen MR) is 136 cm³/mol. The monoisotopic (exact) mass is 470 g/mol. The number of aromatic nitrogens is 1. The average Bonchev–Trinajstić information content (AvgIpc) is 2.85. The van der Waals surface area contributed by atoms with Gasteiger partial charge in [-0.05, 0) is 38.1 Å². The van der Waals surface area contributed by atoms with Crippen LogP contribution >= 0.6 is 0 Å². The Hall–Kier alpha value is -4.39. The lowest BCUT2D eigenvalue weighted by Gasteiger charge is -2.15. The zero-order chi connectivity index (χ0) is 25.1. The van der Waals surface area contributed by atoms with Crippen molar-refractivity contribution in [1.29, 1.82) is 0 Å². The fraction of sp³-hybridized carbons (Fsp3) is 0.179. The first-order chi connectivity index (χ1) is 16.8. The van der Waals surface area contributed by atoms with Gasteiger partial charge in [0.15, 0.2) is 17.3 Å². The summed E-state index contributed by atoms with van der Waals surface area (Å²) in [6.45, 7) is 3.71. The Labute approximate surface area is 202 Å². The van der Waals surface area contributed by atoms with Crippen molar-refractivity contribution in [3.8, 4) is 11.5 Å². The minimum Gasteiger partial charge on any atom is -0.493 e. The molecule has 0 radical (unpaired) electrons. The fourth-order valence-corrected chi connectivity index (χ4v) is 3.93. The van der Waals surface area contributed by atoms with Crippen LogP contribution in [0.5, 0.6) is 11.5 Å². The summed E-state index contributed by atoms with van der Waals surface area (Å²) in [5.41, 5.74) is 3.09. The molecule has 7 heteroatoms. The van der Waals surface area contributed by atoms with Crippen LogP contribution in [-0.4, -0.2) is 30.5 Å². The molecule has 1 aromatic heterocycles. The third kappa shape index (κ3) is 4.94. The zero-order valence-electron chi connectivity index (χ0n) is 20.0. The second-order valence-corrected chi connectivity index (χ2v) is 8.33. The summed E-state index contributed by atoms with van der Waals surface area (Å²) in [5, 5.41) is 3.23. The van der Waals surface area contributed by atoms with Crippen molar-refractivity contribution in [3.63, 3.8) is 0 Å². The molecule has 0 fully saturated rings. The maximum absolute atomic E-state index is 13.3. The summed E-state index contributed by atoms with van der Waals surface area (Å²) < 4.78 is 12.2. The molecule has 0 aliphatic carbocycles. The van der Waals surface area contributed by atoms with Crippen molar-refractivity contribution in [2.75, 3.05) is 19.5 Å². The lowest BCUT2D eigenvalue weighted by atomic mass is 10.0. The number of amides is 1. The number of methoxy groups -OCH3 is 2. The van der Waals surface area contributed by atoms with Crippen molar-refractivity contribution in [3.05, 3.63) is 99.3 Å². The van der Waals surface area contributed by atoms with Crippen LogP contribution in [0.15, 0.2) is 71.7 Å². The van der Waals surface area contributed by atoms with Gasteiger partial charge in [0.25, 0.3) is 0 Å². The van der Waals surface area contributed by atoms with Gasteiger partial charge in [0.05, 0.1) is 25.3 Å². The molecule has 0 unspecified atom stereocenters. The molecule has 0 aliphatic heterocycles. The normalized spacial score (nSPS) is 10.7. The maximum Gasteiger partial charge on any atom is 0.244 e. The van der Waals surface area contributed by atoms with Gasteiger partial charge in [-0.25, -0.2) is 0 Å². The summed E-state index contributed by atoms with van der Waals surface area (Å²) in [5.74, 6) is 0.330. The molecule has 0 saturated heterocycles. The molecule has 178 valence electrons. The van der Waals surface area contributed by atoms with E-state index in [0.29, 0.717) is 33.7 Å². The van der Waals surface area contributed by atoms with Crippen molar-refractivity contribution >= 4 is 28.3 Å². The highest BCUT2D eigenvalue weighted by Gasteiger charge is 2.18. The molecular weight excluding hydrogens is 444 g/mol. The number of fused-ring (bicyclic) bond motifs is 1. The Morgan fingerprint density at radius 3 is 2.23 bits per heavy atom. The van der Waals surface area contributed by atoms with Gasteiger partial charge in [-0.1, -0.05) is 41.5 Å². The van der Waals surface area contributed by atoms with Crippen LogP contribution in [0.4, 0.5) is 5.69 Å². The Balaban J connectivity index is 1.72. The average molecular weight is 471 g/mol. The van der Waals surface area contributed by atoms with Gasteiger partial charge in [0.2, 0.25) is 11.3 Å². The second-order valence-electron chi connectivity index (χ2n) is 8.33. The quantitative estimate of drug-likeness (QED) is 0.402. The molecule has 4 rings (SSSR count). The largest absolute Gasteiger partial charge is 0.493 e. The third-order valence-electron chi connectivity index (χ3n) is 5.78. The smallest absolute Gasteiger partial charge is 0.244 e. The van der Waals surface area contributed by atoms with Crippen LogP contribution in [0.3, 0.4) is 0 Å². The predicted octanol–water partition coefficient (Wildman–Crippen LogP) is 4.51. The molecule has 3 aromatic carbocycles. The lowest BCUT2D eigenvalue weighted by molar-refractivity contribution is -0.116. The molecule has 0 saturated carbocycles. The summed E-state index contributed by atoms with van der Waals surface area (Å²) in [7, 11) is 3.05. The summed E-state index contributed by atoms with van der Waals surface area (Å²) >= 11 is 0. The highest BCUT2D eigenvalue weighted by molar-refractivity contribution is 6.10. The molecule has 1 N–H and O–H groups in total. The topological polar surface area (TPSA) is 86.6 Å². The Morgan fingerprint density at radius 1 is 0.857 bits per heavy atom. The molecule has 1 heterocycles. The summed E-state index contributed by atoms with van der Waals surface area (Å²) in [4.78, 5) is 39.4. The van der Waals surface area contributed by atoms with Crippen LogP contribution in [0.25, 0.3) is 10.9 Å². The number of nitrogens with zero attached hydrogens (tertiary/aromatic N) is 1. The molecule has 4 aromatic rings. The molecule has 0 aliphatic rings. The van der Waals surface area contributed by atoms with Crippen LogP contribution in [-0.2, 0) is 11.3 Å². The second kappa shape index (κ2) is 9.85. The summed E-state index contributed by atoms with van der Waals surface area (Å²) in [6.07, 6.45) is 1.47. The van der Waals surface area contributed by atoms with Crippen molar-refractivity contribution in [2.24, 2.45) is 0 Å². The van der Waals surface area contributed by atoms with Gasteiger partial charge in [-0.3, -0.25) is 14.4 Å².